The lowest BCUT2D eigenvalue weighted by Gasteiger charge is -2.22. The molecule has 0 saturated carbocycles. The second kappa shape index (κ2) is 7.36. The number of imide groups is 1. The summed E-state index contributed by atoms with van der Waals surface area (Å²) in [5.41, 5.74) is 1.80. The lowest BCUT2D eigenvalue weighted by atomic mass is 9.92. The van der Waals surface area contributed by atoms with E-state index < -0.39 is 29.6 Å². The summed E-state index contributed by atoms with van der Waals surface area (Å²) < 4.78 is 19.7. The van der Waals surface area contributed by atoms with Crippen molar-refractivity contribution in [2.75, 3.05) is 17.0 Å². The largest absolute Gasteiger partial charge is 0.497 e. The molecule has 3 aromatic rings. The van der Waals surface area contributed by atoms with Gasteiger partial charge in [0.25, 0.3) is 5.91 Å². The van der Waals surface area contributed by atoms with Gasteiger partial charge in [-0.15, -0.1) is 0 Å². The summed E-state index contributed by atoms with van der Waals surface area (Å²) in [6.45, 7) is 0. The molecule has 5 rings (SSSR count). The molecule has 2 aliphatic heterocycles. The molecule has 0 spiro atoms. The molecule has 31 heavy (non-hydrogen) atoms. The van der Waals surface area contributed by atoms with Gasteiger partial charge in [0.2, 0.25) is 5.91 Å². The average Bonchev–Trinajstić information content (AvgIpc) is 3.32. The normalized spacial score (nSPS) is 20.1. The van der Waals surface area contributed by atoms with Crippen LogP contribution < -0.4 is 14.6 Å². The summed E-state index contributed by atoms with van der Waals surface area (Å²) in [6.07, 6.45) is 0. The highest BCUT2D eigenvalue weighted by Gasteiger charge is 2.57. The van der Waals surface area contributed by atoms with Crippen molar-refractivity contribution in [1.82, 2.24) is 0 Å². The number of halogens is 1. The van der Waals surface area contributed by atoms with Crippen LogP contribution in [0.4, 0.5) is 15.8 Å². The van der Waals surface area contributed by atoms with Crippen LogP contribution in [-0.2, 0) is 9.59 Å². The molecule has 7 heteroatoms. The Kier molecular flexibility index (Phi) is 4.51. The maximum Gasteiger partial charge on any atom is 0.260 e. The van der Waals surface area contributed by atoms with E-state index in [0.717, 1.165) is 4.90 Å². The van der Waals surface area contributed by atoms with Crippen LogP contribution in [0.2, 0.25) is 0 Å². The molecule has 0 aliphatic carbocycles. The lowest BCUT2D eigenvalue weighted by molar-refractivity contribution is -0.121. The molecule has 0 radical (unpaired) electrons. The molecule has 3 aromatic carbocycles. The van der Waals surface area contributed by atoms with E-state index in [2.05, 4.69) is 5.10 Å². The highest BCUT2D eigenvalue weighted by atomic mass is 19.1. The Hall–Kier alpha value is -4.00. The van der Waals surface area contributed by atoms with Gasteiger partial charge in [-0.1, -0.05) is 30.3 Å². The van der Waals surface area contributed by atoms with E-state index >= 15 is 0 Å². The Bertz CT molecular complexity index is 1190. The van der Waals surface area contributed by atoms with E-state index in [9.17, 15) is 14.0 Å². The number of benzene rings is 3. The predicted molar refractivity (Wildman–Crippen MR) is 115 cm³/mol. The minimum atomic E-state index is -0.883. The van der Waals surface area contributed by atoms with Crippen molar-refractivity contribution in [1.29, 1.82) is 0 Å². The van der Waals surface area contributed by atoms with Gasteiger partial charge in [-0.3, -0.25) is 14.6 Å². The number of hydrazone groups is 1. The number of ether oxygens (including phenoxy) is 1. The van der Waals surface area contributed by atoms with Gasteiger partial charge in [0, 0.05) is 0 Å². The average molecular weight is 415 g/mol. The third-order valence-electron chi connectivity index (χ3n) is 5.55. The maximum absolute atomic E-state index is 14.5. The van der Waals surface area contributed by atoms with Crippen LogP contribution in [0.15, 0.2) is 84.0 Å². The molecule has 0 aromatic heterocycles. The minimum absolute atomic E-state index is 0.0472. The van der Waals surface area contributed by atoms with Gasteiger partial charge >= 0.3 is 0 Å². The van der Waals surface area contributed by atoms with Gasteiger partial charge in [-0.05, 0) is 54.1 Å². The zero-order valence-electron chi connectivity index (χ0n) is 16.6. The Morgan fingerprint density at radius 3 is 2.23 bits per heavy atom. The monoisotopic (exact) mass is 415 g/mol. The van der Waals surface area contributed by atoms with Crippen molar-refractivity contribution in [2.45, 2.75) is 6.04 Å². The molecule has 0 bridgehead atoms. The van der Waals surface area contributed by atoms with Crippen LogP contribution in [0.3, 0.4) is 0 Å². The number of anilines is 2. The first-order valence-corrected chi connectivity index (χ1v) is 9.79. The predicted octanol–water partition coefficient (Wildman–Crippen LogP) is 3.62. The second-order valence-corrected chi connectivity index (χ2v) is 7.28. The third kappa shape index (κ3) is 2.97. The number of amides is 2. The summed E-state index contributed by atoms with van der Waals surface area (Å²) in [7, 11) is 1.57. The zero-order chi connectivity index (χ0) is 21.5. The fourth-order valence-electron chi connectivity index (χ4n) is 4.08. The van der Waals surface area contributed by atoms with Gasteiger partial charge in [0.1, 0.15) is 23.5 Å². The Morgan fingerprint density at radius 1 is 0.871 bits per heavy atom. The quantitative estimate of drug-likeness (QED) is 0.611. The summed E-state index contributed by atoms with van der Waals surface area (Å²) in [6, 6.07) is 21.2. The molecule has 2 amide bonds. The summed E-state index contributed by atoms with van der Waals surface area (Å²) in [4.78, 5) is 27.8. The topological polar surface area (TPSA) is 62.2 Å². The smallest absolute Gasteiger partial charge is 0.260 e. The molecule has 1 fully saturated rings. The lowest BCUT2D eigenvalue weighted by Crippen LogP contribution is -2.39. The first-order valence-electron chi connectivity index (χ1n) is 9.79. The number of hydrogen-bond donors (Lipinski definition) is 0. The highest BCUT2D eigenvalue weighted by Crippen LogP contribution is 2.39. The minimum Gasteiger partial charge on any atom is -0.497 e. The fraction of sp³-hybridized carbons (Fsp3) is 0.125. The molecular formula is C24H18FN3O3. The van der Waals surface area contributed by atoms with Gasteiger partial charge in [0.15, 0.2) is 0 Å². The highest BCUT2D eigenvalue weighted by molar-refractivity contribution is 6.34. The van der Waals surface area contributed by atoms with Crippen LogP contribution in [-0.4, -0.2) is 30.7 Å². The van der Waals surface area contributed by atoms with Gasteiger partial charge in [0.05, 0.1) is 24.2 Å². The number of para-hydroxylation sites is 2. The van der Waals surface area contributed by atoms with Gasteiger partial charge < -0.3 is 4.74 Å². The molecule has 0 unspecified atom stereocenters. The Labute approximate surface area is 178 Å². The standard InChI is InChI=1S/C24H18FN3O3/c1-31-17-13-11-15(12-14-17)21-20-22(28(26-21)16-7-3-2-4-8-16)24(30)27(23(20)29)19-10-6-5-9-18(19)25/h2-14,20,22H,1H3/t20-,22+/m1/s1. The van der Waals surface area contributed by atoms with E-state index in [1.54, 1.807) is 42.5 Å². The molecule has 2 aliphatic rings. The van der Waals surface area contributed by atoms with Crippen LogP contribution in [0, 0.1) is 11.7 Å². The number of nitrogens with zero attached hydrogens (tertiary/aromatic N) is 3. The van der Waals surface area contributed by atoms with Gasteiger partial charge in [-0.25, -0.2) is 9.29 Å². The molecule has 1 saturated heterocycles. The SMILES string of the molecule is COc1ccc(C2=NN(c3ccccc3)[C@@H]3C(=O)N(c4ccccc4F)C(=O)[C@H]23)cc1. The summed E-state index contributed by atoms with van der Waals surface area (Å²) in [5, 5.41) is 6.23. The van der Waals surface area contributed by atoms with Crippen molar-refractivity contribution in [2.24, 2.45) is 11.0 Å². The number of carbonyl (C=O) groups excluding carboxylic acids is 2. The van der Waals surface area contributed by atoms with Crippen LogP contribution in [0.5, 0.6) is 5.75 Å². The number of carbonyl (C=O) groups is 2. The molecule has 6 nitrogen and oxygen atoms in total. The molecule has 2 heterocycles. The van der Waals surface area contributed by atoms with E-state index in [-0.39, 0.29) is 5.69 Å². The molecular weight excluding hydrogens is 397 g/mol. The number of hydrogen-bond acceptors (Lipinski definition) is 5. The zero-order valence-corrected chi connectivity index (χ0v) is 16.6. The van der Waals surface area contributed by atoms with Gasteiger partial charge in [-0.2, -0.15) is 5.10 Å². The van der Waals surface area contributed by atoms with Crippen LogP contribution in [0.1, 0.15) is 5.56 Å². The number of methoxy groups -OCH3 is 1. The maximum atomic E-state index is 14.5. The number of rotatable bonds is 4. The first-order chi connectivity index (χ1) is 15.1. The molecule has 2 atom stereocenters. The first kappa shape index (κ1) is 19.0. The van der Waals surface area contributed by atoms with Crippen LogP contribution in [0.25, 0.3) is 0 Å². The van der Waals surface area contributed by atoms with Crippen molar-refractivity contribution in [3.8, 4) is 5.75 Å². The second-order valence-electron chi connectivity index (χ2n) is 7.28. The number of fused-ring (bicyclic) bond motifs is 1. The van der Waals surface area contributed by atoms with Crippen molar-refractivity contribution in [3.05, 3.63) is 90.2 Å². The van der Waals surface area contributed by atoms with Crippen LogP contribution >= 0.6 is 0 Å². The summed E-state index contributed by atoms with van der Waals surface area (Å²) in [5.74, 6) is -1.80. The fourth-order valence-corrected chi connectivity index (χ4v) is 4.08. The van der Waals surface area contributed by atoms with Crippen molar-refractivity contribution in [3.63, 3.8) is 0 Å². The molecule has 0 N–H and O–H groups in total. The van der Waals surface area contributed by atoms with E-state index in [1.165, 1.54) is 18.2 Å². The molecule has 154 valence electrons. The Morgan fingerprint density at radius 2 is 1.55 bits per heavy atom. The van der Waals surface area contributed by atoms with E-state index in [4.69, 9.17) is 4.74 Å². The van der Waals surface area contributed by atoms with Crippen molar-refractivity contribution < 1.29 is 18.7 Å². The van der Waals surface area contributed by atoms with E-state index in [1.807, 2.05) is 30.3 Å². The summed E-state index contributed by atoms with van der Waals surface area (Å²) >= 11 is 0. The van der Waals surface area contributed by atoms with E-state index in [0.29, 0.717) is 22.7 Å². The third-order valence-corrected chi connectivity index (χ3v) is 5.55. The Balaban J connectivity index is 1.63. The van der Waals surface area contributed by atoms with Crippen molar-refractivity contribution >= 4 is 28.9 Å².